The van der Waals surface area contributed by atoms with E-state index in [0.29, 0.717) is 27.1 Å². The third-order valence-electron chi connectivity index (χ3n) is 5.30. The van der Waals surface area contributed by atoms with Crippen LogP contribution in [0.4, 0.5) is 5.13 Å². The van der Waals surface area contributed by atoms with Gasteiger partial charge in [0.25, 0.3) is 5.91 Å². The number of carbonyl (C=O) groups is 2. The van der Waals surface area contributed by atoms with Gasteiger partial charge in [-0.15, -0.1) is 0 Å². The molecule has 0 aliphatic carbocycles. The lowest BCUT2D eigenvalue weighted by Crippen LogP contribution is -2.29. The molecule has 5 rings (SSSR count). The summed E-state index contributed by atoms with van der Waals surface area (Å²) in [6.45, 7) is 1.67. The van der Waals surface area contributed by atoms with Crippen LogP contribution in [-0.2, 0) is 4.74 Å². The summed E-state index contributed by atoms with van der Waals surface area (Å²) >= 11 is 4.50. The van der Waals surface area contributed by atoms with Crippen molar-refractivity contribution in [2.24, 2.45) is 0 Å². The molecule has 0 N–H and O–H groups in total. The zero-order chi connectivity index (χ0) is 22.6. The molecule has 1 aliphatic rings. The molecule has 0 radical (unpaired) electrons. The van der Waals surface area contributed by atoms with Crippen molar-refractivity contribution in [1.82, 2.24) is 4.98 Å². The highest BCUT2D eigenvalue weighted by molar-refractivity contribution is 9.10. The third kappa shape index (κ3) is 3.08. The Morgan fingerprint density at radius 1 is 1.19 bits per heavy atom. The van der Waals surface area contributed by atoms with E-state index in [1.165, 1.54) is 12.0 Å². The number of hydrogen-bond donors (Lipinski definition) is 0. The normalized spacial score (nSPS) is 15.3. The number of rotatable bonds is 3. The van der Waals surface area contributed by atoms with Gasteiger partial charge in [0.05, 0.1) is 29.8 Å². The first kappa shape index (κ1) is 20.6. The molecule has 1 unspecified atom stereocenters. The van der Waals surface area contributed by atoms with E-state index in [1.807, 2.05) is 24.3 Å². The van der Waals surface area contributed by atoms with Gasteiger partial charge < -0.3 is 9.15 Å². The molecule has 9 heteroatoms. The van der Waals surface area contributed by atoms with E-state index in [9.17, 15) is 14.4 Å². The molecule has 0 fully saturated rings. The van der Waals surface area contributed by atoms with Crippen LogP contribution in [0.3, 0.4) is 0 Å². The number of esters is 1. The fourth-order valence-corrected chi connectivity index (χ4v) is 5.31. The van der Waals surface area contributed by atoms with Crippen LogP contribution in [0.5, 0.6) is 0 Å². The standard InChI is InChI=1S/C23H15BrN2O5S/c1-11-20(22(29)30-2)32-23(25-11)26-17(12-6-5-7-13(24)10-12)16-18(27)14-8-3-4-9-15(14)31-19(16)21(26)28/h3-10,17H,1-2H3. The second-order valence-electron chi connectivity index (χ2n) is 7.21. The van der Waals surface area contributed by atoms with Crippen LogP contribution < -0.4 is 10.3 Å². The molecule has 0 saturated carbocycles. The Balaban J connectivity index is 1.79. The van der Waals surface area contributed by atoms with Crippen molar-refractivity contribution in [2.45, 2.75) is 13.0 Å². The van der Waals surface area contributed by atoms with Gasteiger partial charge in [-0.25, -0.2) is 9.78 Å². The summed E-state index contributed by atoms with van der Waals surface area (Å²) in [5, 5.41) is 0.680. The van der Waals surface area contributed by atoms with Gasteiger partial charge in [-0.05, 0) is 36.8 Å². The van der Waals surface area contributed by atoms with E-state index in [-0.39, 0.29) is 21.9 Å². The molecule has 4 aromatic rings. The topological polar surface area (TPSA) is 89.7 Å². The Bertz CT molecular complexity index is 1480. The maximum Gasteiger partial charge on any atom is 0.350 e. The molecule has 3 heterocycles. The van der Waals surface area contributed by atoms with E-state index < -0.39 is 17.9 Å². The molecule has 1 atom stereocenters. The van der Waals surface area contributed by atoms with Gasteiger partial charge in [0.2, 0.25) is 5.76 Å². The summed E-state index contributed by atoms with van der Waals surface area (Å²) in [6, 6.07) is 13.4. The minimum absolute atomic E-state index is 0.0221. The number of methoxy groups -OCH3 is 1. The molecule has 2 aromatic heterocycles. The van der Waals surface area contributed by atoms with Gasteiger partial charge in [0.1, 0.15) is 10.5 Å². The van der Waals surface area contributed by atoms with Crippen LogP contribution in [-0.4, -0.2) is 24.0 Å². The second-order valence-corrected chi connectivity index (χ2v) is 9.10. The van der Waals surface area contributed by atoms with Gasteiger partial charge in [-0.2, -0.15) is 0 Å². The number of halogens is 1. The number of nitrogens with zero attached hydrogens (tertiary/aromatic N) is 2. The van der Waals surface area contributed by atoms with E-state index >= 15 is 0 Å². The van der Waals surface area contributed by atoms with Crippen LogP contribution in [0.1, 0.15) is 43.1 Å². The van der Waals surface area contributed by atoms with E-state index in [2.05, 4.69) is 20.9 Å². The van der Waals surface area contributed by atoms with E-state index in [1.54, 1.807) is 31.2 Å². The smallest absolute Gasteiger partial charge is 0.350 e. The number of fused-ring (bicyclic) bond motifs is 2. The molecule has 7 nitrogen and oxygen atoms in total. The second kappa shape index (κ2) is 7.68. The number of carbonyl (C=O) groups excluding carboxylic acids is 2. The summed E-state index contributed by atoms with van der Waals surface area (Å²) in [5.74, 6) is -1.04. The molecule has 2 aromatic carbocycles. The first-order chi connectivity index (χ1) is 15.4. The zero-order valence-corrected chi connectivity index (χ0v) is 19.3. The molecule has 32 heavy (non-hydrogen) atoms. The minimum atomic E-state index is -0.757. The van der Waals surface area contributed by atoms with Gasteiger partial charge in [-0.3, -0.25) is 14.5 Å². The number of para-hydroxylation sites is 1. The zero-order valence-electron chi connectivity index (χ0n) is 16.9. The van der Waals surface area contributed by atoms with Crippen molar-refractivity contribution in [2.75, 3.05) is 12.0 Å². The maximum absolute atomic E-state index is 13.6. The average Bonchev–Trinajstić information content (AvgIpc) is 3.31. The molecule has 0 saturated heterocycles. The largest absolute Gasteiger partial charge is 0.465 e. The summed E-state index contributed by atoms with van der Waals surface area (Å²) in [4.78, 5) is 45.4. The van der Waals surface area contributed by atoms with Gasteiger partial charge in [0, 0.05) is 4.47 Å². The summed E-state index contributed by atoms with van der Waals surface area (Å²) in [5.41, 5.74) is 1.47. The monoisotopic (exact) mass is 510 g/mol. The number of benzene rings is 2. The molecule has 1 aliphatic heterocycles. The lowest BCUT2D eigenvalue weighted by Gasteiger charge is -2.22. The van der Waals surface area contributed by atoms with Crippen LogP contribution in [0, 0.1) is 6.92 Å². The van der Waals surface area contributed by atoms with Crippen LogP contribution in [0.2, 0.25) is 0 Å². The van der Waals surface area contributed by atoms with E-state index in [4.69, 9.17) is 9.15 Å². The number of thiazole rings is 1. The quantitative estimate of drug-likeness (QED) is 0.365. The molecule has 0 spiro atoms. The fourth-order valence-electron chi connectivity index (χ4n) is 3.88. The van der Waals surface area contributed by atoms with E-state index in [0.717, 1.165) is 15.8 Å². The number of aryl methyl sites for hydroxylation is 1. The summed E-state index contributed by atoms with van der Waals surface area (Å²) in [7, 11) is 1.29. The Labute approximate surface area is 194 Å². The van der Waals surface area contributed by atoms with Crippen LogP contribution in [0.25, 0.3) is 11.0 Å². The number of ether oxygens (including phenoxy) is 1. The van der Waals surface area contributed by atoms with Crippen molar-refractivity contribution in [1.29, 1.82) is 0 Å². The Kier molecular flexibility index (Phi) is 4.94. The number of hydrogen-bond acceptors (Lipinski definition) is 7. The van der Waals surface area contributed by atoms with Gasteiger partial charge >= 0.3 is 5.97 Å². The summed E-state index contributed by atoms with van der Waals surface area (Å²) < 4.78 is 11.6. The highest BCUT2D eigenvalue weighted by Crippen LogP contribution is 2.43. The van der Waals surface area contributed by atoms with Crippen molar-refractivity contribution >= 4 is 55.2 Å². The number of anilines is 1. The molecular weight excluding hydrogens is 496 g/mol. The highest BCUT2D eigenvalue weighted by atomic mass is 79.9. The first-order valence-corrected chi connectivity index (χ1v) is 11.2. The molecule has 1 amide bonds. The number of amides is 1. The Morgan fingerprint density at radius 3 is 2.72 bits per heavy atom. The predicted molar refractivity (Wildman–Crippen MR) is 123 cm³/mol. The minimum Gasteiger partial charge on any atom is -0.465 e. The van der Waals surface area contributed by atoms with Gasteiger partial charge in [0.15, 0.2) is 10.6 Å². The Hall–Kier alpha value is -3.30. The lowest BCUT2D eigenvalue weighted by molar-refractivity contribution is 0.0605. The molecule has 0 bridgehead atoms. The molecular formula is C23H15BrN2O5S. The Morgan fingerprint density at radius 2 is 1.97 bits per heavy atom. The highest BCUT2D eigenvalue weighted by Gasteiger charge is 2.45. The first-order valence-electron chi connectivity index (χ1n) is 9.61. The van der Waals surface area contributed by atoms with Crippen molar-refractivity contribution in [3.8, 4) is 0 Å². The van der Waals surface area contributed by atoms with Crippen LogP contribution >= 0.6 is 27.3 Å². The van der Waals surface area contributed by atoms with Crippen molar-refractivity contribution in [3.63, 3.8) is 0 Å². The van der Waals surface area contributed by atoms with Crippen molar-refractivity contribution in [3.05, 3.63) is 90.7 Å². The average molecular weight is 511 g/mol. The third-order valence-corrected chi connectivity index (χ3v) is 6.93. The predicted octanol–water partition coefficient (Wildman–Crippen LogP) is 4.86. The number of aromatic nitrogens is 1. The SMILES string of the molecule is COC(=O)c1sc(N2C(=O)c3oc4ccccc4c(=O)c3C2c2cccc(Br)c2)nc1C. The van der Waals surface area contributed by atoms with Crippen LogP contribution in [0.15, 0.2) is 62.2 Å². The summed E-state index contributed by atoms with van der Waals surface area (Å²) in [6.07, 6.45) is 0. The maximum atomic E-state index is 13.6. The van der Waals surface area contributed by atoms with Crippen molar-refractivity contribution < 1.29 is 18.7 Å². The fraction of sp³-hybridized carbons (Fsp3) is 0.130. The van der Waals surface area contributed by atoms with Gasteiger partial charge in [-0.1, -0.05) is 51.5 Å². The molecule has 160 valence electrons. The lowest BCUT2D eigenvalue weighted by atomic mass is 9.99.